The van der Waals surface area contributed by atoms with Gasteiger partial charge in [-0.25, -0.2) is 0 Å². The minimum atomic E-state index is 0. The molecule has 27 heavy (non-hydrogen) atoms. The molecule has 0 bridgehead atoms. The zero-order chi connectivity index (χ0) is 18.7. The summed E-state index contributed by atoms with van der Waals surface area (Å²) in [5.74, 6) is 0. The van der Waals surface area contributed by atoms with Gasteiger partial charge in [-0.05, 0) is 38.9 Å². The van der Waals surface area contributed by atoms with E-state index in [9.17, 15) is 0 Å². The monoisotopic (exact) mass is 481 g/mol. The normalized spacial score (nSPS) is 8.67. The molecule has 3 nitrogen and oxygen atoms in total. The van der Waals surface area contributed by atoms with Crippen LogP contribution in [0.25, 0.3) is 0 Å². The van der Waals surface area contributed by atoms with E-state index < -0.39 is 0 Å². The van der Waals surface area contributed by atoms with Crippen molar-refractivity contribution in [3.05, 3.63) is 0 Å². The van der Waals surface area contributed by atoms with Gasteiger partial charge >= 0.3 is 0 Å². The number of unbranched alkanes of at least 4 members (excludes halogenated alkanes) is 12. The molecule has 0 aliphatic heterocycles. The summed E-state index contributed by atoms with van der Waals surface area (Å²) in [7, 11) is 0. The topological polar surface area (TPSA) is 78.1 Å². The van der Waals surface area contributed by atoms with Crippen molar-refractivity contribution in [2.75, 3.05) is 19.6 Å². The number of nitrogens with two attached hydrogens (primary N) is 3. The molecular weight excluding hydrogens is 429 g/mol. The predicted octanol–water partition coefficient (Wildman–Crippen LogP) is 6.90. The summed E-state index contributed by atoms with van der Waals surface area (Å²) in [6, 6.07) is 0. The van der Waals surface area contributed by atoms with Crippen LogP contribution in [0.1, 0.15) is 117 Å². The highest BCUT2D eigenvalue weighted by atomic mass is 79.9. The van der Waals surface area contributed by atoms with Crippen LogP contribution in [-0.4, -0.2) is 19.6 Å². The van der Waals surface area contributed by atoms with Gasteiger partial charge < -0.3 is 17.2 Å². The van der Waals surface area contributed by atoms with Gasteiger partial charge in [-0.2, -0.15) is 0 Å². The van der Waals surface area contributed by atoms with Crippen LogP contribution in [-0.2, 0) is 0 Å². The van der Waals surface area contributed by atoms with Gasteiger partial charge in [-0.3, -0.25) is 4.70 Å². The Bertz CT molecular complexity index is 135. The van der Waals surface area contributed by atoms with E-state index in [-0.39, 0.29) is 34.1 Å². The highest BCUT2D eigenvalue weighted by molar-refractivity contribution is 8.93. The molecule has 0 atom stereocenters. The molecule has 0 aliphatic carbocycles. The second-order valence-electron chi connectivity index (χ2n) is 6.61. The van der Waals surface area contributed by atoms with Gasteiger partial charge in [0.2, 0.25) is 0 Å². The summed E-state index contributed by atoms with van der Waals surface area (Å²) in [4.78, 5) is 0. The average Bonchev–Trinajstić information content (AvgIpc) is 2.61. The van der Waals surface area contributed by atoms with Crippen molar-refractivity contribution in [1.29, 1.82) is 0 Å². The first-order chi connectivity index (χ1) is 11.7. The molecule has 0 spiro atoms. The van der Waals surface area contributed by atoms with E-state index in [2.05, 4.69) is 20.8 Å². The number of hydrogen-bond donors (Lipinski definition) is 3. The Morgan fingerprint density at radius 1 is 0.407 bits per heavy atom. The van der Waals surface area contributed by atoms with E-state index in [0.717, 1.165) is 19.6 Å². The van der Waals surface area contributed by atoms with Gasteiger partial charge in [-0.1, -0.05) is 97.8 Å². The van der Waals surface area contributed by atoms with Crippen LogP contribution in [0.4, 0.5) is 4.70 Å². The summed E-state index contributed by atoms with van der Waals surface area (Å²) in [6.07, 6.45) is 19.8. The highest BCUT2D eigenvalue weighted by Gasteiger charge is 1.84. The molecule has 0 saturated heterocycles. The van der Waals surface area contributed by atoms with Gasteiger partial charge in [0.05, 0.1) is 0 Å². The Morgan fingerprint density at radius 3 is 0.741 bits per heavy atom. The summed E-state index contributed by atoms with van der Waals surface area (Å²) in [5.41, 5.74) is 15.9. The average molecular weight is 483 g/mol. The third kappa shape index (κ3) is 66.2. The van der Waals surface area contributed by atoms with Crippen molar-refractivity contribution in [1.82, 2.24) is 0 Å². The number of rotatable bonds is 15. The Hall–Kier alpha value is 0.580. The lowest BCUT2D eigenvalue weighted by Crippen LogP contribution is -1.97. The molecule has 6 heteroatoms. The van der Waals surface area contributed by atoms with Crippen LogP contribution in [0.2, 0.25) is 0 Å². The fourth-order valence-electron chi connectivity index (χ4n) is 2.24. The third-order valence-corrected chi connectivity index (χ3v) is 3.92. The second kappa shape index (κ2) is 50.4. The van der Waals surface area contributed by atoms with E-state index >= 15 is 0 Å². The quantitative estimate of drug-likeness (QED) is 0.222. The lowest BCUT2D eigenvalue weighted by molar-refractivity contribution is 0.638. The number of hydrogen-bond acceptors (Lipinski definition) is 3. The maximum atomic E-state index is 5.31. The largest absolute Gasteiger partial charge is 0.330 e. The van der Waals surface area contributed by atoms with Crippen LogP contribution in [0.5, 0.6) is 0 Å². The van der Waals surface area contributed by atoms with Crippen molar-refractivity contribution in [2.24, 2.45) is 17.2 Å². The number of halogens is 3. The SMILES string of the molecule is Br.CCCCCCCN.CCCCCCCN.CCCCCCCN.Cl.F. The molecule has 0 aromatic heterocycles. The van der Waals surface area contributed by atoms with Crippen LogP contribution in [0.3, 0.4) is 0 Å². The molecule has 174 valence electrons. The first-order valence-corrected chi connectivity index (χ1v) is 10.8. The fourth-order valence-corrected chi connectivity index (χ4v) is 2.24. The van der Waals surface area contributed by atoms with Crippen LogP contribution < -0.4 is 17.2 Å². The van der Waals surface area contributed by atoms with Gasteiger partial charge in [0.25, 0.3) is 0 Å². The predicted molar refractivity (Wildman–Crippen MR) is 134 cm³/mol. The molecule has 0 unspecified atom stereocenters. The summed E-state index contributed by atoms with van der Waals surface area (Å²) < 4.78 is 0. The maximum Gasteiger partial charge on any atom is -0.00773 e. The Balaban J connectivity index is -0.0000000580. The molecule has 0 aromatic carbocycles. The third-order valence-electron chi connectivity index (χ3n) is 3.92. The van der Waals surface area contributed by atoms with Crippen LogP contribution >= 0.6 is 29.4 Å². The van der Waals surface area contributed by atoms with E-state index in [4.69, 9.17) is 17.2 Å². The molecule has 0 fully saturated rings. The minimum Gasteiger partial charge on any atom is -0.330 e. The van der Waals surface area contributed by atoms with Crippen LogP contribution in [0, 0.1) is 0 Å². The molecule has 0 aliphatic rings. The maximum absolute atomic E-state index is 5.31. The first kappa shape index (κ1) is 41.8. The summed E-state index contributed by atoms with van der Waals surface area (Å²) >= 11 is 0. The Labute approximate surface area is 187 Å². The van der Waals surface area contributed by atoms with Gasteiger partial charge in [0.15, 0.2) is 0 Å². The van der Waals surface area contributed by atoms with E-state index in [1.165, 1.54) is 96.3 Å². The lowest BCUT2D eigenvalue weighted by atomic mass is 10.2. The van der Waals surface area contributed by atoms with Crippen molar-refractivity contribution < 1.29 is 4.70 Å². The molecule has 0 radical (unpaired) electrons. The van der Waals surface area contributed by atoms with Crippen molar-refractivity contribution in [3.63, 3.8) is 0 Å². The smallest absolute Gasteiger partial charge is 0.00773 e. The second-order valence-corrected chi connectivity index (χ2v) is 6.61. The fraction of sp³-hybridized carbons (Fsp3) is 1.00. The van der Waals surface area contributed by atoms with E-state index in [0.29, 0.717) is 0 Å². The van der Waals surface area contributed by atoms with Gasteiger partial charge in [0.1, 0.15) is 0 Å². The Morgan fingerprint density at radius 2 is 0.593 bits per heavy atom. The molecular formula is C21H54BrClFN3. The Kier molecular flexibility index (Phi) is 78.1. The molecule has 0 rings (SSSR count). The molecule has 0 amide bonds. The van der Waals surface area contributed by atoms with Crippen molar-refractivity contribution >= 4 is 29.4 Å². The highest BCUT2D eigenvalue weighted by Crippen LogP contribution is 2.01. The lowest BCUT2D eigenvalue weighted by Gasteiger charge is -1.93. The van der Waals surface area contributed by atoms with Gasteiger partial charge in [0, 0.05) is 0 Å². The molecule has 0 saturated carbocycles. The van der Waals surface area contributed by atoms with Crippen molar-refractivity contribution in [2.45, 2.75) is 117 Å². The van der Waals surface area contributed by atoms with Crippen LogP contribution in [0.15, 0.2) is 0 Å². The molecule has 0 aromatic rings. The summed E-state index contributed by atoms with van der Waals surface area (Å²) in [6.45, 7) is 9.27. The van der Waals surface area contributed by atoms with E-state index in [1.807, 2.05) is 0 Å². The minimum absolute atomic E-state index is 0. The zero-order valence-electron chi connectivity index (χ0n) is 18.7. The standard InChI is InChI=1S/3C7H17N.BrH.ClH.FH/c3*1-2-3-4-5-6-7-8;;;/h3*2-8H2,1H3;3*1H. The summed E-state index contributed by atoms with van der Waals surface area (Å²) in [5, 5.41) is 0. The molecule has 6 N–H and O–H groups in total. The zero-order valence-corrected chi connectivity index (χ0v) is 21.2. The van der Waals surface area contributed by atoms with E-state index in [1.54, 1.807) is 0 Å². The first-order valence-electron chi connectivity index (χ1n) is 10.8. The van der Waals surface area contributed by atoms with Crippen molar-refractivity contribution in [3.8, 4) is 0 Å². The molecule has 0 heterocycles. The van der Waals surface area contributed by atoms with Gasteiger partial charge in [-0.15, -0.1) is 29.4 Å².